The van der Waals surface area contributed by atoms with Gasteiger partial charge in [0, 0.05) is 0 Å². The van der Waals surface area contributed by atoms with Gasteiger partial charge < -0.3 is 5.11 Å². The molecule has 0 saturated carbocycles. The van der Waals surface area contributed by atoms with E-state index in [0.717, 1.165) is 0 Å². The van der Waals surface area contributed by atoms with Crippen LogP contribution in [-0.2, 0) is 14.8 Å². The summed E-state index contributed by atoms with van der Waals surface area (Å²) >= 11 is 0. The van der Waals surface area contributed by atoms with Gasteiger partial charge in [-0.05, 0) is 27.2 Å². The normalized spacial score (nSPS) is 15.2. The third-order valence-corrected chi connectivity index (χ3v) is 4.77. The molecule has 1 heterocycles. The Hall–Kier alpha value is -1.41. The molecule has 0 aliphatic rings. The van der Waals surface area contributed by atoms with Crippen LogP contribution in [0.4, 0.5) is 0 Å². The van der Waals surface area contributed by atoms with E-state index >= 15 is 0 Å². The van der Waals surface area contributed by atoms with E-state index in [2.05, 4.69) is 14.9 Å². The van der Waals surface area contributed by atoms with Crippen LogP contribution in [0.3, 0.4) is 0 Å². The van der Waals surface area contributed by atoms with Crippen LogP contribution in [0.1, 0.15) is 38.1 Å². The first-order chi connectivity index (χ1) is 8.64. The van der Waals surface area contributed by atoms with Crippen molar-refractivity contribution in [1.82, 2.24) is 14.9 Å². The van der Waals surface area contributed by atoms with Gasteiger partial charge in [-0.25, -0.2) is 8.42 Å². The highest BCUT2D eigenvalue weighted by atomic mass is 32.2. The first-order valence-electron chi connectivity index (χ1n) is 5.93. The minimum Gasteiger partial charge on any atom is -0.480 e. The van der Waals surface area contributed by atoms with Gasteiger partial charge >= 0.3 is 5.97 Å². The number of nitrogens with one attached hydrogen (secondary N) is 2. The van der Waals surface area contributed by atoms with Crippen molar-refractivity contribution in [3.05, 3.63) is 11.4 Å². The van der Waals surface area contributed by atoms with E-state index in [-0.39, 0.29) is 11.3 Å². The molecule has 0 saturated heterocycles. The summed E-state index contributed by atoms with van der Waals surface area (Å²) in [5.74, 6) is -1.20. The molecular formula is C11H19N3O4S. The Morgan fingerprint density at radius 3 is 2.42 bits per heavy atom. The van der Waals surface area contributed by atoms with Gasteiger partial charge in [0.25, 0.3) is 0 Å². The quantitative estimate of drug-likeness (QED) is 0.721. The van der Waals surface area contributed by atoms with E-state index in [1.54, 1.807) is 20.8 Å². The predicted octanol–water partition coefficient (Wildman–Crippen LogP) is 0.948. The number of aromatic amines is 1. The Morgan fingerprint density at radius 1 is 1.47 bits per heavy atom. The van der Waals surface area contributed by atoms with Gasteiger partial charge in [0.2, 0.25) is 10.0 Å². The van der Waals surface area contributed by atoms with Crippen molar-refractivity contribution < 1.29 is 18.3 Å². The molecule has 8 heteroatoms. The summed E-state index contributed by atoms with van der Waals surface area (Å²) in [6.07, 6.45) is 0.756. The molecule has 1 atom stereocenters. The highest BCUT2D eigenvalue weighted by molar-refractivity contribution is 7.89. The molecule has 1 rings (SSSR count). The number of H-pyrrole nitrogens is 1. The van der Waals surface area contributed by atoms with Crippen LogP contribution >= 0.6 is 0 Å². The summed E-state index contributed by atoms with van der Waals surface area (Å²) in [5, 5.41) is 15.6. The number of aliphatic carboxylic acids is 1. The maximum Gasteiger partial charge on any atom is 0.324 e. The molecule has 7 nitrogen and oxygen atoms in total. The van der Waals surface area contributed by atoms with E-state index in [1.165, 1.54) is 6.92 Å². The second-order valence-corrected chi connectivity index (χ2v) is 6.38. The Kier molecular flexibility index (Phi) is 4.36. The van der Waals surface area contributed by atoms with Gasteiger partial charge in [-0.2, -0.15) is 9.82 Å². The van der Waals surface area contributed by atoms with Crippen LogP contribution in [0.25, 0.3) is 0 Å². The molecule has 19 heavy (non-hydrogen) atoms. The third kappa shape index (κ3) is 3.13. The maximum absolute atomic E-state index is 12.3. The molecule has 1 unspecified atom stereocenters. The number of aromatic nitrogens is 2. The van der Waals surface area contributed by atoms with E-state index < -0.39 is 21.5 Å². The second kappa shape index (κ2) is 5.30. The van der Waals surface area contributed by atoms with Crippen molar-refractivity contribution in [2.45, 2.75) is 51.0 Å². The van der Waals surface area contributed by atoms with Crippen LogP contribution in [0.5, 0.6) is 0 Å². The third-order valence-electron chi connectivity index (χ3n) is 2.91. The van der Waals surface area contributed by atoms with Crippen LogP contribution < -0.4 is 4.72 Å². The van der Waals surface area contributed by atoms with Gasteiger partial charge in [0.1, 0.15) is 10.4 Å². The monoisotopic (exact) mass is 289 g/mol. The number of aryl methyl sites for hydroxylation is 2. The average Bonchev–Trinajstić information content (AvgIpc) is 2.58. The fraction of sp³-hybridized carbons (Fsp3) is 0.636. The van der Waals surface area contributed by atoms with E-state index in [1.807, 2.05) is 0 Å². The van der Waals surface area contributed by atoms with Crippen molar-refractivity contribution in [2.24, 2.45) is 0 Å². The molecule has 108 valence electrons. The van der Waals surface area contributed by atoms with Gasteiger partial charge in [-0.3, -0.25) is 9.89 Å². The lowest BCUT2D eigenvalue weighted by Gasteiger charge is -2.25. The molecule has 0 amide bonds. The number of nitrogens with zero attached hydrogens (tertiary/aromatic N) is 1. The Morgan fingerprint density at radius 2 is 2.05 bits per heavy atom. The average molecular weight is 289 g/mol. The molecule has 1 aromatic rings. The molecule has 0 bridgehead atoms. The summed E-state index contributed by atoms with van der Waals surface area (Å²) in [6, 6.07) is 0. The summed E-state index contributed by atoms with van der Waals surface area (Å²) in [6.45, 7) is 6.29. The van der Waals surface area contributed by atoms with Crippen LogP contribution in [0.15, 0.2) is 4.90 Å². The topological polar surface area (TPSA) is 112 Å². The van der Waals surface area contributed by atoms with E-state index in [4.69, 9.17) is 0 Å². The van der Waals surface area contributed by atoms with E-state index in [0.29, 0.717) is 17.8 Å². The van der Waals surface area contributed by atoms with Gasteiger partial charge in [0.05, 0.1) is 11.4 Å². The predicted molar refractivity (Wildman–Crippen MR) is 69.3 cm³/mol. The van der Waals surface area contributed by atoms with Crippen LogP contribution in [-0.4, -0.2) is 35.2 Å². The zero-order valence-corrected chi connectivity index (χ0v) is 12.3. The summed E-state index contributed by atoms with van der Waals surface area (Å²) in [7, 11) is -3.93. The number of hydrogen-bond acceptors (Lipinski definition) is 4. The largest absolute Gasteiger partial charge is 0.480 e. The van der Waals surface area contributed by atoms with Crippen molar-refractivity contribution in [1.29, 1.82) is 0 Å². The van der Waals surface area contributed by atoms with Crippen LogP contribution in [0.2, 0.25) is 0 Å². The molecule has 0 aromatic carbocycles. The Balaban J connectivity index is 3.19. The Bertz CT molecular complexity index is 559. The SMILES string of the molecule is CCCC(C)(NS(=O)(=O)c1c(C)n[nH]c1C)C(=O)O. The van der Waals surface area contributed by atoms with E-state index in [9.17, 15) is 18.3 Å². The molecule has 0 spiro atoms. The zero-order valence-electron chi connectivity index (χ0n) is 11.4. The lowest BCUT2D eigenvalue weighted by molar-refractivity contribution is -0.143. The first kappa shape index (κ1) is 15.6. The molecular weight excluding hydrogens is 270 g/mol. The van der Waals surface area contributed by atoms with Crippen molar-refractivity contribution in [3.63, 3.8) is 0 Å². The van der Waals surface area contributed by atoms with Gasteiger partial charge in [-0.15, -0.1) is 0 Å². The fourth-order valence-electron chi connectivity index (χ4n) is 1.99. The summed E-state index contributed by atoms with van der Waals surface area (Å²) < 4.78 is 26.9. The Labute approximate surface area is 112 Å². The number of rotatable bonds is 6. The minimum atomic E-state index is -3.93. The number of carboxylic acids is 1. The molecule has 0 aliphatic carbocycles. The lowest BCUT2D eigenvalue weighted by Crippen LogP contribution is -2.52. The molecule has 1 aromatic heterocycles. The van der Waals surface area contributed by atoms with Gasteiger partial charge in [0.15, 0.2) is 0 Å². The minimum absolute atomic E-state index is 0.0103. The van der Waals surface area contributed by atoms with Gasteiger partial charge in [-0.1, -0.05) is 13.3 Å². The second-order valence-electron chi connectivity index (χ2n) is 4.76. The number of carboxylic acid groups (broad SMARTS) is 1. The summed E-state index contributed by atoms with van der Waals surface area (Å²) in [4.78, 5) is 11.3. The molecule has 3 N–H and O–H groups in total. The standard InChI is InChI=1S/C11H19N3O4S/c1-5-6-11(4,10(15)16)14-19(17,18)9-7(2)12-13-8(9)3/h14H,5-6H2,1-4H3,(H,12,13)(H,15,16). The first-order valence-corrected chi connectivity index (χ1v) is 7.41. The molecule has 0 fully saturated rings. The van der Waals surface area contributed by atoms with Crippen molar-refractivity contribution in [3.8, 4) is 0 Å². The smallest absolute Gasteiger partial charge is 0.324 e. The van der Waals surface area contributed by atoms with Crippen LogP contribution in [0, 0.1) is 13.8 Å². The summed E-state index contributed by atoms with van der Waals surface area (Å²) in [5.41, 5.74) is -0.826. The van der Waals surface area contributed by atoms with Crippen molar-refractivity contribution in [2.75, 3.05) is 0 Å². The number of hydrogen-bond donors (Lipinski definition) is 3. The fourth-order valence-corrected chi connectivity index (χ4v) is 3.75. The maximum atomic E-state index is 12.3. The zero-order chi connectivity index (χ0) is 14.8. The molecule has 0 aliphatic heterocycles. The number of sulfonamides is 1. The number of carbonyl (C=O) groups is 1. The lowest BCUT2D eigenvalue weighted by atomic mass is 9.98. The highest BCUT2D eigenvalue weighted by Crippen LogP contribution is 2.21. The van der Waals surface area contributed by atoms with Crippen molar-refractivity contribution >= 4 is 16.0 Å². The molecule has 0 radical (unpaired) electrons. The highest BCUT2D eigenvalue weighted by Gasteiger charge is 2.38.